The number of benzene rings is 1. The van der Waals surface area contributed by atoms with Crippen molar-refractivity contribution in [3.05, 3.63) is 46.8 Å². The van der Waals surface area contributed by atoms with Gasteiger partial charge in [0, 0.05) is 11.4 Å². The van der Waals surface area contributed by atoms with Crippen molar-refractivity contribution in [3.63, 3.8) is 0 Å². The van der Waals surface area contributed by atoms with Gasteiger partial charge in [0.05, 0.1) is 12.7 Å². The first kappa shape index (κ1) is 16.8. The topological polar surface area (TPSA) is 76.1 Å². The van der Waals surface area contributed by atoms with Crippen molar-refractivity contribution >= 4 is 29.2 Å². The maximum absolute atomic E-state index is 12.4. The highest BCUT2D eigenvalue weighted by molar-refractivity contribution is 7.80. The van der Waals surface area contributed by atoms with Crippen LogP contribution in [0.5, 0.6) is 5.75 Å². The molecule has 2 N–H and O–H groups in total. The Balaban J connectivity index is 2.11. The van der Waals surface area contributed by atoms with Crippen LogP contribution in [0, 0.1) is 20.8 Å². The number of hydrogen-bond donors (Lipinski definition) is 2. The van der Waals surface area contributed by atoms with Gasteiger partial charge in [-0.3, -0.25) is 10.1 Å². The summed E-state index contributed by atoms with van der Waals surface area (Å²) in [5, 5.41) is 5.55. The minimum absolute atomic E-state index is 0.128. The number of anilines is 1. The van der Waals surface area contributed by atoms with Crippen LogP contribution in [0.1, 0.15) is 27.3 Å². The fourth-order valence-corrected chi connectivity index (χ4v) is 2.37. The number of nitrogens with zero attached hydrogens (tertiary/aromatic N) is 2. The predicted octanol–water partition coefficient (Wildman–Crippen LogP) is 2.54. The molecule has 0 fully saturated rings. The van der Waals surface area contributed by atoms with Gasteiger partial charge in [-0.1, -0.05) is 12.1 Å². The molecule has 2 rings (SSSR count). The quantitative estimate of drug-likeness (QED) is 0.842. The van der Waals surface area contributed by atoms with Crippen LogP contribution in [0.2, 0.25) is 0 Å². The van der Waals surface area contributed by atoms with E-state index in [0.717, 1.165) is 17.0 Å². The van der Waals surface area contributed by atoms with E-state index >= 15 is 0 Å². The van der Waals surface area contributed by atoms with Gasteiger partial charge in [-0.25, -0.2) is 9.97 Å². The van der Waals surface area contributed by atoms with E-state index in [2.05, 4.69) is 20.6 Å². The van der Waals surface area contributed by atoms with Crippen LogP contribution in [-0.2, 0) is 0 Å². The van der Waals surface area contributed by atoms with E-state index in [1.165, 1.54) is 7.11 Å². The molecule has 0 aliphatic rings. The summed E-state index contributed by atoms with van der Waals surface area (Å²) in [6.45, 7) is 5.59. The summed E-state index contributed by atoms with van der Waals surface area (Å²) in [5.41, 5.74) is 2.92. The minimum atomic E-state index is -0.354. The van der Waals surface area contributed by atoms with Gasteiger partial charge >= 0.3 is 0 Å². The lowest BCUT2D eigenvalue weighted by Crippen LogP contribution is -2.35. The van der Waals surface area contributed by atoms with Crippen molar-refractivity contribution in [2.75, 3.05) is 12.4 Å². The van der Waals surface area contributed by atoms with Crippen LogP contribution in [-0.4, -0.2) is 28.1 Å². The second-order valence-electron chi connectivity index (χ2n) is 5.04. The SMILES string of the molecule is COc1c(C)cccc1C(=O)NC(=S)Nc1nc(C)cc(C)n1. The van der Waals surface area contributed by atoms with Gasteiger partial charge in [0.15, 0.2) is 5.11 Å². The van der Waals surface area contributed by atoms with Crippen LogP contribution >= 0.6 is 12.2 Å². The van der Waals surface area contributed by atoms with Crippen molar-refractivity contribution in [1.29, 1.82) is 0 Å². The number of aromatic nitrogens is 2. The molecule has 0 bridgehead atoms. The molecule has 1 amide bonds. The number of rotatable bonds is 3. The third-order valence-electron chi connectivity index (χ3n) is 3.10. The average molecular weight is 330 g/mol. The third-order valence-corrected chi connectivity index (χ3v) is 3.30. The molecule has 2 aromatic rings. The number of nitrogens with one attached hydrogen (secondary N) is 2. The number of carbonyl (C=O) groups excluding carboxylic acids is 1. The van der Waals surface area contributed by atoms with Crippen molar-refractivity contribution in [1.82, 2.24) is 15.3 Å². The van der Waals surface area contributed by atoms with Crippen molar-refractivity contribution in [3.8, 4) is 5.75 Å². The first-order chi connectivity index (χ1) is 10.9. The Hall–Kier alpha value is -2.54. The average Bonchev–Trinajstić information content (AvgIpc) is 2.45. The van der Waals surface area contributed by atoms with Gasteiger partial charge in [0.25, 0.3) is 5.91 Å². The molecule has 0 radical (unpaired) electrons. The van der Waals surface area contributed by atoms with E-state index in [1.54, 1.807) is 12.1 Å². The van der Waals surface area contributed by atoms with Crippen LogP contribution < -0.4 is 15.4 Å². The number of amides is 1. The lowest BCUT2D eigenvalue weighted by Gasteiger charge is -2.12. The number of ether oxygens (including phenoxy) is 1. The number of carbonyl (C=O) groups is 1. The molecule has 7 heteroatoms. The Morgan fingerprint density at radius 1 is 1.17 bits per heavy atom. The number of methoxy groups -OCH3 is 1. The second-order valence-corrected chi connectivity index (χ2v) is 5.45. The molecule has 6 nitrogen and oxygen atoms in total. The molecule has 0 atom stereocenters. The van der Waals surface area contributed by atoms with E-state index in [1.807, 2.05) is 32.9 Å². The molecule has 1 aromatic carbocycles. The van der Waals surface area contributed by atoms with E-state index in [4.69, 9.17) is 17.0 Å². The first-order valence-electron chi connectivity index (χ1n) is 6.99. The molecule has 0 saturated carbocycles. The lowest BCUT2D eigenvalue weighted by molar-refractivity contribution is 0.0974. The molecular formula is C16H18N4O2S. The Morgan fingerprint density at radius 3 is 2.43 bits per heavy atom. The number of thiocarbonyl (C=S) groups is 1. The van der Waals surface area contributed by atoms with Crippen molar-refractivity contribution in [2.24, 2.45) is 0 Å². The van der Waals surface area contributed by atoms with Gasteiger partial charge in [-0.2, -0.15) is 0 Å². The summed E-state index contributed by atoms with van der Waals surface area (Å²) in [5.74, 6) is 0.520. The molecule has 1 heterocycles. The van der Waals surface area contributed by atoms with Crippen LogP contribution in [0.25, 0.3) is 0 Å². The fraction of sp³-hybridized carbons (Fsp3) is 0.250. The van der Waals surface area contributed by atoms with Crippen molar-refractivity contribution in [2.45, 2.75) is 20.8 Å². The molecule has 1 aromatic heterocycles. The molecule has 23 heavy (non-hydrogen) atoms. The van der Waals surface area contributed by atoms with Gasteiger partial charge < -0.3 is 10.1 Å². The monoisotopic (exact) mass is 330 g/mol. The highest BCUT2D eigenvalue weighted by atomic mass is 32.1. The van der Waals surface area contributed by atoms with Gasteiger partial charge in [0.1, 0.15) is 5.75 Å². The molecule has 0 unspecified atom stereocenters. The summed E-state index contributed by atoms with van der Waals surface area (Å²) in [6.07, 6.45) is 0. The van der Waals surface area contributed by atoms with E-state index in [0.29, 0.717) is 17.3 Å². The molecule has 0 aliphatic heterocycles. The molecule has 120 valence electrons. The van der Waals surface area contributed by atoms with Crippen LogP contribution in [0.4, 0.5) is 5.95 Å². The zero-order chi connectivity index (χ0) is 17.0. The van der Waals surface area contributed by atoms with Gasteiger partial charge in [-0.05, 0) is 50.7 Å². The Morgan fingerprint density at radius 2 is 1.83 bits per heavy atom. The highest BCUT2D eigenvalue weighted by Crippen LogP contribution is 2.22. The second kappa shape index (κ2) is 7.15. The Labute approximate surface area is 140 Å². The number of para-hydroxylation sites is 1. The smallest absolute Gasteiger partial charge is 0.261 e. The lowest BCUT2D eigenvalue weighted by atomic mass is 10.1. The summed E-state index contributed by atoms with van der Waals surface area (Å²) in [6, 6.07) is 7.19. The van der Waals surface area contributed by atoms with E-state index < -0.39 is 0 Å². The predicted molar refractivity (Wildman–Crippen MR) is 92.9 cm³/mol. The zero-order valence-electron chi connectivity index (χ0n) is 13.4. The third kappa shape index (κ3) is 4.23. The zero-order valence-corrected chi connectivity index (χ0v) is 14.2. The van der Waals surface area contributed by atoms with Crippen LogP contribution in [0.3, 0.4) is 0 Å². The Bertz CT molecular complexity index is 741. The fourth-order valence-electron chi connectivity index (χ4n) is 2.19. The summed E-state index contributed by atoms with van der Waals surface area (Å²) in [7, 11) is 1.53. The van der Waals surface area contributed by atoms with E-state index in [9.17, 15) is 4.79 Å². The molecular weight excluding hydrogens is 312 g/mol. The Kier molecular flexibility index (Phi) is 5.23. The first-order valence-corrected chi connectivity index (χ1v) is 7.39. The van der Waals surface area contributed by atoms with Crippen LogP contribution in [0.15, 0.2) is 24.3 Å². The highest BCUT2D eigenvalue weighted by Gasteiger charge is 2.15. The number of aryl methyl sites for hydroxylation is 3. The minimum Gasteiger partial charge on any atom is -0.496 e. The van der Waals surface area contributed by atoms with E-state index in [-0.39, 0.29) is 11.0 Å². The summed E-state index contributed by atoms with van der Waals surface area (Å²) in [4.78, 5) is 20.8. The largest absolute Gasteiger partial charge is 0.496 e. The standard InChI is InChI=1S/C16H18N4O2S/c1-9-6-5-7-12(13(9)22-4)14(21)19-16(23)20-15-17-10(2)8-11(3)18-15/h5-8H,1-4H3,(H2,17,18,19,20,21,23). The molecule has 0 aliphatic carbocycles. The number of hydrogen-bond acceptors (Lipinski definition) is 5. The van der Waals surface area contributed by atoms with Gasteiger partial charge in [-0.15, -0.1) is 0 Å². The summed E-state index contributed by atoms with van der Waals surface area (Å²) >= 11 is 5.15. The molecule has 0 spiro atoms. The summed E-state index contributed by atoms with van der Waals surface area (Å²) < 4.78 is 5.28. The molecule has 0 saturated heterocycles. The maximum atomic E-state index is 12.4. The van der Waals surface area contributed by atoms with Gasteiger partial charge in [0.2, 0.25) is 5.95 Å². The normalized spacial score (nSPS) is 10.1. The van der Waals surface area contributed by atoms with Crippen molar-refractivity contribution < 1.29 is 9.53 Å². The maximum Gasteiger partial charge on any atom is 0.261 e.